The maximum atomic E-state index is 6.01. The Kier molecular flexibility index (Phi) is 6.26. The van der Waals surface area contributed by atoms with Crippen LogP contribution >= 0.6 is 11.3 Å². The molecule has 0 saturated heterocycles. The first kappa shape index (κ1) is 19.9. The minimum absolute atomic E-state index is 0.497. The van der Waals surface area contributed by atoms with Gasteiger partial charge in [0, 0.05) is 10.9 Å². The van der Waals surface area contributed by atoms with Gasteiger partial charge in [0.25, 0.3) is 0 Å². The number of hydrogen-bond acceptors (Lipinski definition) is 4. The summed E-state index contributed by atoms with van der Waals surface area (Å²) in [5, 5.41) is 3.06. The Morgan fingerprint density at radius 1 is 0.900 bits per heavy atom. The Morgan fingerprint density at radius 2 is 1.70 bits per heavy atom. The summed E-state index contributed by atoms with van der Waals surface area (Å²) in [6.45, 7) is 2.59. The van der Waals surface area contributed by atoms with E-state index in [0.29, 0.717) is 6.61 Å². The summed E-state index contributed by atoms with van der Waals surface area (Å²) in [6, 6.07) is 24.5. The lowest BCUT2D eigenvalue weighted by atomic mass is 10.1. The summed E-state index contributed by atoms with van der Waals surface area (Å²) in [5.74, 6) is 1.45. The van der Waals surface area contributed by atoms with Crippen LogP contribution in [0.15, 0.2) is 78.2 Å². The lowest BCUT2D eigenvalue weighted by molar-refractivity contribution is 0.284. The molecule has 3 aromatic carbocycles. The zero-order valence-corrected chi connectivity index (χ0v) is 17.9. The fourth-order valence-electron chi connectivity index (χ4n) is 3.03. The number of hydrogen-bond donors (Lipinski definition) is 0. The summed E-state index contributed by atoms with van der Waals surface area (Å²) in [6.07, 6.45) is 4.08. The van der Waals surface area contributed by atoms with E-state index in [9.17, 15) is 0 Å². The number of rotatable bonds is 7. The zero-order chi connectivity index (χ0) is 20.8. The van der Waals surface area contributed by atoms with Crippen molar-refractivity contribution < 1.29 is 9.47 Å². The monoisotopic (exact) mass is 413 g/mol. The molecular weight excluding hydrogens is 390 g/mol. The second-order valence-electron chi connectivity index (χ2n) is 6.95. The molecule has 0 amide bonds. The van der Waals surface area contributed by atoms with Gasteiger partial charge in [-0.2, -0.15) is 0 Å². The third kappa shape index (κ3) is 4.97. The molecule has 4 heteroatoms. The van der Waals surface area contributed by atoms with Crippen LogP contribution < -0.4 is 9.47 Å². The minimum Gasteiger partial charge on any atom is -0.493 e. The topological polar surface area (TPSA) is 31.4 Å². The molecule has 4 rings (SSSR count). The molecule has 0 aliphatic rings. The molecule has 0 spiro atoms. The van der Waals surface area contributed by atoms with Crippen LogP contribution in [-0.2, 0) is 6.61 Å². The Bertz CT molecular complexity index is 1130. The second-order valence-corrected chi connectivity index (χ2v) is 7.84. The van der Waals surface area contributed by atoms with Crippen molar-refractivity contribution in [3.05, 3.63) is 99.9 Å². The van der Waals surface area contributed by atoms with E-state index in [0.717, 1.165) is 38.9 Å². The molecule has 0 unspecified atom stereocenters. The molecule has 0 bridgehead atoms. The van der Waals surface area contributed by atoms with Crippen LogP contribution in [-0.4, -0.2) is 12.1 Å². The molecule has 150 valence electrons. The smallest absolute Gasteiger partial charge is 0.162 e. The van der Waals surface area contributed by atoms with Gasteiger partial charge >= 0.3 is 0 Å². The third-order valence-corrected chi connectivity index (χ3v) is 5.52. The first-order valence-electron chi connectivity index (χ1n) is 9.77. The van der Waals surface area contributed by atoms with Crippen molar-refractivity contribution in [2.24, 2.45) is 0 Å². The molecule has 4 aromatic rings. The largest absolute Gasteiger partial charge is 0.493 e. The fourth-order valence-corrected chi connectivity index (χ4v) is 3.75. The van der Waals surface area contributed by atoms with Crippen LogP contribution in [0.25, 0.3) is 23.4 Å². The Hall–Kier alpha value is -3.37. The average Bonchev–Trinajstić information content (AvgIpc) is 3.26. The Morgan fingerprint density at radius 3 is 2.47 bits per heavy atom. The van der Waals surface area contributed by atoms with Crippen LogP contribution in [0.5, 0.6) is 11.5 Å². The molecule has 0 saturated carbocycles. The van der Waals surface area contributed by atoms with Crippen LogP contribution in [0.3, 0.4) is 0 Å². The average molecular weight is 414 g/mol. The first-order chi connectivity index (χ1) is 14.7. The second kappa shape index (κ2) is 9.42. The SMILES string of the molecule is COc1ccc(C=Cc2nc(-c3ccc(C)cc3)cs2)cc1OCc1ccccc1. The molecule has 1 heterocycles. The molecule has 0 aliphatic carbocycles. The normalized spacial score (nSPS) is 11.0. The number of aryl methyl sites for hydroxylation is 1. The number of thiazole rings is 1. The van der Waals surface area contributed by atoms with Crippen LogP contribution in [0.4, 0.5) is 0 Å². The highest BCUT2D eigenvalue weighted by Crippen LogP contribution is 2.30. The molecule has 0 aliphatic heterocycles. The molecule has 0 radical (unpaired) electrons. The lowest BCUT2D eigenvalue weighted by Crippen LogP contribution is -1.97. The van der Waals surface area contributed by atoms with Gasteiger partial charge in [-0.3, -0.25) is 0 Å². The predicted octanol–water partition coefficient (Wildman–Crippen LogP) is 6.88. The van der Waals surface area contributed by atoms with Crippen LogP contribution in [0.2, 0.25) is 0 Å². The fraction of sp³-hybridized carbons (Fsp3) is 0.115. The van der Waals surface area contributed by atoms with Crippen molar-refractivity contribution in [3.63, 3.8) is 0 Å². The van der Waals surface area contributed by atoms with Gasteiger partial charge in [-0.1, -0.05) is 72.3 Å². The maximum Gasteiger partial charge on any atom is 0.162 e. The standard InChI is InChI=1S/C26H23NO2S/c1-19-8-12-22(13-9-19)23-18-30-26(27-23)15-11-20-10-14-24(28-2)25(16-20)29-17-21-6-4-3-5-7-21/h3-16,18H,17H2,1-2H3. The molecule has 30 heavy (non-hydrogen) atoms. The lowest BCUT2D eigenvalue weighted by Gasteiger charge is -2.11. The summed E-state index contributed by atoms with van der Waals surface area (Å²) < 4.78 is 11.5. The van der Waals surface area contributed by atoms with E-state index in [2.05, 4.69) is 36.6 Å². The first-order valence-corrected chi connectivity index (χ1v) is 10.6. The predicted molar refractivity (Wildman–Crippen MR) is 125 cm³/mol. The molecule has 0 N–H and O–H groups in total. The van der Waals surface area contributed by atoms with Crippen molar-refractivity contribution in [2.45, 2.75) is 13.5 Å². The highest BCUT2D eigenvalue weighted by Gasteiger charge is 2.06. The Labute approximate surface area is 181 Å². The molecule has 3 nitrogen and oxygen atoms in total. The Balaban J connectivity index is 1.49. The van der Waals surface area contributed by atoms with E-state index in [4.69, 9.17) is 14.5 Å². The van der Waals surface area contributed by atoms with E-state index in [-0.39, 0.29) is 0 Å². The molecule has 0 fully saturated rings. The summed E-state index contributed by atoms with van der Waals surface area (Å²) in [5.41, 5.74) is 5.54. The van der Waals surface area contributed by atoms with Crippen LogP contribution in [0, 0.1) is 6.92 Å². The van der Waals surface area contributed by atoms with Gasteiger partial charge < -0.3 is 9.47 Å². The van der Waals surface area contributed by atoms with E-state index in [1.807, 2.05) is 60.7 Å². The molecule has 1 aromatic heterocycles. The third-order valence-electron chi connectivity index (χ3n) is 4.71. The van der Waals surface area contributed by atoms with E-state index in [1.165, 1.54) is 5.56 Å². The quantitative estimate of drug-likeness (QED) is 0.331. The minimum atomic E-state index is 0.497. The number of methoxy groups -OCH3 is 1. The number of nitrogens with zero attached hydrogens (tertiary/aromatic N) is 1. The van der Waals surface area contributed by atoms with Gasteiger partial charge in [-0.15, -0.1) is 11.3 Å². The molecular formula is C26H23NO2S. The van der Waals surface area contributed by atoms with E-state index < -0.39 is 0 Å². The highest BCUT2D eigenvalue weighted by molar-refractivity contribution is 7.10. The van der Waals surface area contributed by atoms with Crippen molar-refractivity contribution in [3.8, 4) is 22.8 Å². The summed E-state index contributed by atoms with van der Waals surface area (Å²) >= 11 is 1.63. The van der Waals surface area contributed by atoms with Gasteiger partial charge in [-0.25, -0.2) is 4.98 Å². The van der Waals surface area contributed by atoms with Crippen LogP contribution in [0.1, 0.15) is 21.7 Å². The van der Waals surface area contributed by atoms with Crippen molar-refractivity contribution in [1.82, 2.24) is 4.98 Å². The summed E-state index contributed by atoms with van der Waals surface area (Å²) in [4.78, 5) is 4.73. The highest BCUT2D eigenvalue weighted by atomic mass is 32.1. The van der Waals surface area contributed by atoms with E-state index in [1.54, 1.807) is 18.4 Å². The number of ether oxygens (including phenoxy) is 2. The van der Waals surface area contributed by atoms with Gasteiger partial charge in [0.1, 0.15) is 11.6 Å². The van der Waals surface area contributed by atoms with Crippen molar-refractivity contribution in [2.75, 3.05) is 7.11 Å². The maximum absolute atomic E-state index is 6.01. The van der Waals surface area contributed by atoms with Crippen molar-refractivity contribution >= 4 is 23.5 Å². The number of aromatic nitrogens is 1. The number of benzene rings is 3. The van der Waals surface area contributed by atoms with E-state index >= 15 is 0 Å². The van der Waals surface area contributed by atoms with Gasteiger partial charge in [0.05, 0.1) is 12.8 Å². The van der Waals surface area contributed by atoms with Gasteiger partial charge in [0.2, 0.25) is 0 Å². The zero-order valence-electron chi connectivity index (χ0n) is 17.0. The molecule has 0 atom stereocenters. The van der Waals surface area contributed by atoms with Gasteiger partial charge in [0.15, 0.2) is 11.5 Å². The van der Waals surface area contributed by atoms with Crippen molar-refractivity contribution in [1.29, 1.82) is 0 Å². The summed E-state index contributed by atoms with van der Waals surface area (Å²) in [7, 11) is 1.66. The van der Waals surface area contributed by atoms with Gasteiger partial charge in [-0.05, 0) is 36.3 Å².